The summed E-state index contributed by atoms with van der Waals surface area (Å²) in [6.07, 6.45) is 1.80. The first-order chi connectivity index (χ1) is 15.6. The molecule has 0 saturated heterocycles. The van der Waals surface area contributed by atoms with E-state index in [9.17, 15) is 18.0 Å². The summed E-state index contributed by atoms with van der Waals surface area (Å²) in [6, 6.07) is 14.9. The molecular weight excluding hydrogens is 442 g/mol. The maximum atomic E-state index is 13.4. The van der Waals surface area contributed by atoms with Crippen LogP contribution in [0, 0.1) is 0 Å². The minimum Gasteiger partial charge on any atom is -0.497 e. The van der Waals surface area contributed by atoms with Crippen LogP contribution in [-0.4, -0.2) is 57.1 Å². The lowest BCUT2D eigenvalue weighted by atomic mass is 10.1. The Bertz CT molecular complexity index is 1030. The van der Waals surface area contributed by atoms with Gasteiger partial charge < -0.3 is 15.0 Å². The summed E-state index contributed by atoms with van der Waals surface area (Å²) in [7, 11) is -2.25. The zero-order chi connectivity index (χ0) is 24.6. The number of nitrogens with one attached hydrogen (secondary N) is 1. The van der Waals surface area contributed by atoms with Crippen LogP contribution in [0.4, 0.5) is 5.69 Å². The van der Waals surface area contributed by atoms with Crippen LogP contribution in [0.5, 0.6) is 5.75 Å². The second-order valence-electron chi connectivity index (χ2n) is 7.97. The minimum atomic E-state index is -3.76. The molecule has 2 atom stereocenters. The number of methoxy groups -OCH3 is 1. The maximum Gasteiger partial charge on any atom is 0.244 e. The van der Waals surface area contributed by atoms with Gasteiger partial charge in [-0.25, -0.2) is 8.42 Å². The lowest BCUT2D eigenvalue weighted by Gasteiger charge is -2.32. The molecule has 2 rings (SSSR count). The van der Waals surface area contributed by atoms with E-state index in [-0.39, 0.29) is 18.5 Å². The van der Waals surface area contributed by atoms with Gasteiger partial charge in [0.1, 0.15) is 18.3 Å². The fourth-order valence-corrected chi connectivity index (χ4v) is 4.04. The number of sulfonamides is 1. The summed E-state index contributed by atoms with van der Waals surface area (Å²) < 4.78 is 31.2. The predicted octanol–water partition coefficient (Wildman–Crippen LogP) is 2.79. The van der Waals surface area contributed by atoms with Crippen LogP contribution >= 0.6 is 0 Å². The highest BCUT2D eigenvalue weighted by Gasteiger charge is 2.30. The summed E-state index contributed by atoms with van der Waals surface area (Å²) in [5.41, 5.74) is 1.17. The average Bonchev–Trinajstić information content (AvgIpc) is 2.80. The summed E-state index contributed by atoms with van der Waals surface area (Å²) in [4.78, 5) is 27.6. The first-order valence-electron chi connectivity index (χ1n) is 10.8. The number of nitrogens with zero attached hydrogens (tertiary/aromatic N) is 2. The van der Waals surface area contributed by atoms with E-state index in [4.69, 9.17) is 4.74 Å². The van der Waals surface area contributed by atoms with Crippen LogP contribution in [0.3, 0.4) is 0 Å². The van der Waals surface area contributed by atoms with Crippen molar-refractivity contribution in [2.45, 2.75) is 45.8 Å². The van der Waals surface area contributed by atoms with Crippen molar-refractivity contribution in [1.82, 2.24) is 10.2 Å². The van der Waals surface area contributed by atoms with Crippen molar-refractivity contribution in [3.05, 3.63) is 60.2 Å². The summed E-state index contributed by atoms with van der Waals surface area (Å²) in [5, 5.41) is 2.90. The third-order valence-corrected chi connectivity index (χ3v) is 6.54. The van der Waals surface area contributed by atoms with Gasteiger partial charge in [-0.15, -0.1) is 0 Å². The van der Waals surface area contributed by atoms with Crippen molar-refractivity contribution in [2.24, 2.45) is 0 Å². The average molecular weight is 476 g/mol. The molecule has 1 N–H and O–H groups in total. The lowest BCUT2D eigenvalue weighted by molar-refractivity contribution is -0.139. The Labute approximate surface area is 196 Å². The van der Waals surface area contributed by atoms with Gasteiger partial charge in [0.2, 0.25) is 21.8 Å². The smallest absolute Gasteiger partial charge is 0.244 e. The summed E-state index contributed by atoms with van der Waals surface area (Å²) in [5.74, 6) is -0.199. The fraction of sp³-hybridized carbons (Fsp3) is 0.417. The number of benzene rings is 2. The Morgan fingerprint density at radius 1 is 1.03 bits per heavy atom. The number of anilines is 1. The molecule has 180 valence electrons. The molecule has 2 amide bonds. The van der Waals surface area contributed by atoms with Crippen molar-refractivity contribution in [3.63, 3.8) is 0 Å². The molecule has 0 saturated carbocycles. The van der Waals surface area contributed by atoms with Crippen molar-refractivity contribution in [2.75, 3.05) is 24.2 Å². The molecule has 0 heterocycles. The molecule has 2 aromatic rings. The molecule has 0 aromatic heterocycles. The Morgan fingerprint density at radius 3 is 2.15 bits per heavy atom. The predicted molar refractivity (Wildman–Crippen MR) is 130 cm³/mol. The fourth-order valence-electron chi connectivity index (χ4n) is 3.19. The molecule has 0 aliphatic rings. The second-order valence-corrected chi connectivity index (χ2v) is 9.88. The zero-order valence-corrected chi connectivity index (χ0v) is 20.6. The number of hydrogen-bond acceptors (Lipinski definition) is 5. The van der Waals surface area contributed by atoms with Crippen LogP contribution in [0.25, 0.3) is 0 Å². The van der Waals surface area contributed by atoms with Crippen molar-refractivity contribution < 1.29 is 22.7 Å². The van der Waals surface area contributed by atoms with Gasteiger partial charge in [0.15, 0.2) is 0 Å². The molecule has 0 bridgehead atoms. The summed E-state index contributed by atoms with van der Waals surface area (Å²) in [6.45, 7) is 5.25. The Hall–Kier alpha value is -3.07. The van der Waals surface area contributed by atoms with E-state index in [0.29, 0.717) is 11.4 Å². The van der Waals surface area contributed by atoms with Gasteiger partial charge in [0.25, 0.3) is 0 Å². The van der Waals surface area contributed by atoms with E-state index in [2.05, 4.69) is 5.32 Å². The number of carbonyl (C=O) groups is 2. The van der Waals surface area contributed by atoms with Crippen LogP contribution in [-0.2, 0) is 26.2 Å². The molecule has 0 fully saturated rings. The van der Waals surface area contributed by atoms with Gasteiger partial charge in [-0.3, -0.25) is 13.9 Å². The van der Waals surface area contributed by atoms with E-state index in [1.165, 1.54) is 12.0 Å². The van der Waals surface area contributed by atoms with Crippen LogP contribution < -0.4 is 14.4 Å². The van der Waals surface area contributed by atoms with Crippen molar-refractivity contribution in [1.29, 1.82) is 0 Å². The summed E-state index contributed by atoms with van der Waals surface area (Å²) >= 11 is 0. The van der Waals surface area contributed by atoms with Crippen molar-refractivity contribution in [3.8, 4) is 5.75 Å². The van der Waals surface area contributed by atoms with Gasteiger partial charge in [-0.1, -0.05) is 37.3 Å². The quantitative estimate of drug-likeness (QED) is 0.539. The number of carbonyl (C=O) groups excluding carboxylic acids is 2. The first kappa shape index (κ1) is 26.2. The van der Waals surface area contributed by atoms with Crippen LogP contribution in [0.1, 0.15) is 32.8 Å². The third kappa shape index (κ3) is 7.49. The normalized spacial score (nSPS) is 13.0. The first-order valence-corrected chi connectivity index (χ1v) is 12.7. The SMILES string of the molecule is CCC(C)NC(=O)C(C)N(Cc1ccccc1)C(=O)CN(c1ccc(OC)cc1)S(C)(=O)=O. The number of amides is 2. The molecule has 9 heteroatoms. The highest BCUT2D eigenvalue weighted by molar-refractivity contribution is 7.92. The van der Waals surface area contributed by atoms with Gasteiger partial charge in [-0.2, -0.15) is 0 Å². The molecule has 8 nitrogen and oxygen atoms in total. The minimum absolute atomic E-state index is 0.0413. The number of ether oxygens (including phenoxy) is 1. The molecule has 2 unspecified atom stereocenters. The van der Waals surface area contributed by atoms with Crippen LogP contribution in [0.15, 0.2) is 54.6 Å². The van der Waals surface area contributed by atoms with E-state index < -0.39 is 28.5 Å². The molecule has 0 spiro atoms. The highest BCUT2D eigenvalue weighted by atomic mass is 32.2. The molecule has 0 aliphatic carbocycles. The van der Waals surface area contributed by atoms with Crippen LogP contribution in [0.2, 0.25) is 0 Å². The van der Waals surface area contributed by atoms with Crippen molar-refractivity contribution >= 4 is 27.5 Å². The van der Waals surface area contributed by atoms with Gasteiger partial charge in [0, 0.05) is 12.6 Å². The molecule has 0 radical (unpaired) electrons. The Morgan fingerprint density at radius 2 is 1.64 bits per heavy atom. The number of rotatable bonds is 11. The van der Waals surface area contributed by atoms with Gasteiger partial charge >= 0.3 is 0 Å². The zero-order valence-electron chi connectivity index (χ0n) is 19.8. The lowest BCUT2D eigenvalue weighted by Crippen LogP contribution is -2.52. The van der Waals surface area contributed by atoms with E-state index >= 15 is 0 Å². The third-order valence-electron chi connectivity index (χ3n) is 5.40. The Kier molecular flexibility index (Phi) is 9.28. The van der Waals surface area contributed by atoms with Gasteiger partial charge in [-0.05, 0) is 50.1 Å². The monoisotopic (exact) mass is 475 g/mol. The van der Waals surface area contributed by atoms with E-state index in [0.717, 1.165) is 22.5 Å². The Balaban J connectivity index is 2.34. The van der Waals surface area contributed by atoms with E-state index in [1.807, 2.05) is 44.2 Å². The molecule has 2 aromatic carbocycles. The highest BCUT2D eigenvalue weighted by Crippen LogP contribution is 2.22. The topological polar surface area (TPSA) is 96.0 Å². The standard InChI is InChI=1S/C24H33N3O5S/c1-6-18(2)25-24(29)19(3)26(16-20-10-8-7-9-11-20)23(28)17-27(33(5,30)31)21-12-14-22(32-4)15-13-21/h7-15,18-19H,6,16-17H2,1-5H3,(H,25,29). The largest absolute Gasteiger partial charge is 0.497 e. The van der Waals surface area contributed by atoms with Gasteiger partial charge in [0.05, 0.1) is 19.1 Å². The molecular formula is C24H33N3O5S. The molecule has 33 heavy (non-hydrogen) atoms. The second kappa shape index (κ2) is 11.7. The maximum absolute atomic E-state index is 13.4. The number of hydrogen-bond donors (Lipinski definition) is 1. The molecule has 0 aliphatic heterocycles. The van der Waals surface area contributed by atoms with E-state index in [1.54, 1.807) is 31.2 Å².